The first-order valence-corrected chi connectivity index (χ1v) is 8.06. The maximum atomic E-state index is 13.8. The van der Waals surface area contributed by atoms with Gasteiger partial charge in [-0.15, -0.1) is 0 Å². The maximum Gasteiger partial charge on any atom is 0.262 e. The van der Waals surface area contributed by atoms with Crippen molar-refractivity contribution in [2.24, 2.45) is 5.92 Å². The van der Waals surface area contributed by atoms with Gasteiger partial charge >= 0.3 is 0 Å². The first-order valence-electron chi connectivity index (χ1n) is 8.06. The van der Waals surface area contributed by atoms with E-state index in [4.69, 9.17) is 9.47 Å². The van der Waals surface area contributed by atoms with Crippen LogP contribution in [0.15, 0.2) is 30.3 Å². The lowest BCUT2D eigenvalue weighted by Crippen LogP contribution is -2.33. The predicted octanol–water partition coefficient (Wildman–Crippen LogP) is 3.84. The molecule has 0 radical (unpaired) electrons. The zero-order valence-corrected chi connectivity index (χ0v) is 13.5. The number of nitrogens with zero attached hydrogens (tertiary/aromatic N) is 1. The molecule has 1 saturated heterocycles. The van der Waals surface area contributed by atoms with Gasteiger partial charge in [0.25, 0.3) is 5.88 Å². The highest BCUT2D eigenvalue weighted by atomic mass is 19.1. The average Bonchev–Trinajstić information content (AvgIpc) is 2.58. The summed E-state index contributed by atoms with van der Waals surface area (Å²) >= 11 is 0. The van der Waals surface area contributed by atoms with Crippen molar-refractivity contribution >= 4 is 0 Å². The van der Waals surface area contributed by atoms with Crippen LogP contribution in [-0.2, 0) is 0 Å². The smallest absolute Gasteiger partial charge is 0.262 e. The maximum absolute atomic E-state index is 13.8. The Kier molecular flexibility index (Phi) is 5.25. The normalized spacial score (nSPS) is 17.5. The highest BCUT2D eigenvalue weighted by Crippen LogP contribution is 2.33. The minimum Gasteiger partial charge on any atom is -0.488 e. The second kappa shape index (κ2) is 7.57. The zero-order chi connectivity index (χ0) is 16.9. The molecule has 0 aliphatic carbocycles. The molecular formula is C18H20F2N2O2. The third-order valence-corrected chi connectivity index (χ3v) is 3.96. The van der Waals surface area contributed by atoms with Gasteiger partial charge in [-0.05, 0) is 50.6 Å². The van der Waals surface area contributed by atoms with Crippen LogP contribution in [0.5, 0.6) is 17.4 Å². The average molecular weight is 334 g/mol. The Bertz CT molecular complexity index is 683. The number of hydrogen-bond donors (Lipinski definition) is 1. The molecule has 0 spiro atoms. The lowest BCUT2D eigenvalue weighted by Gasteiger charge is -2.23. The monoisotopic (exact) mass is 334 g/mol. The van der Waals surface area contributed by atoms with Gasteiger partial charge in [0, 0.05) is 18.2 Å². The third kappa shape index (κ3) is 4.00. The van der Waals surface area contributed by atoms with E-state index in [1.54, 1.807) is 19.1 Å². The van der Waals surface area contributed by atoms with Crippen molar-refractivity contribution in [2.45, 2.75) is 19.8 Å². The van der Waals surface area contributed by atoms with E-state index >= 15 is 0 Å². The van der Waals surface area contributed by atoms with Gasteiger partial charge in [0.05, 0.1) is 6.61 Å². The number of piperidine rings is 1. The van der Waals surface area contributed by atoms with E-state index in [9.17, 15) is 8.78 Å². The van der Waals surface area contributed by atoms with Crippen LogP contribution in [0.2, 0.25) is 0 Å². The van der Waals surface area contributed by atoms with E-state index in [0.29, 0.717) is 24.0 Å². The Morgan fingerprint density at radius 1 is 1.21 bits per heavy atom. The molecular weight excluding hydrogens is 314 g/mol. The number of pyridine rings is 1. The lowest BCUT2D eigenvalue weighted by atomic mass is 10.0. The fraction of sp³-hybridized carbons (Fsp3) is 0.389. The van der Waals surface area contributed by atoms with E-state index in [1.165, 1.54) is 6.07 Å². The van der Waals surface area contributed by atoms with Crippen molar-refractivity contribution in [3.05, 3.63) is 47.7 Å². The quantitative estimate of drug-likeness (QED) is 0.902. The molecule has 128 valence electrons. The Morgan fingerprint density at radius 3 is 2.71 bits per heavy atom. The molecule has 0 amide bonds. The summed E-state index contributed by atoms with van der Waals surface area (Å²) in [7, 11) is 0. The highest BCUT2D eigenvalue weighted by molar-refractivity contribution is 5.39. The summed E-state index contributed by atoms with van der Waals surface area (Å²) in [4.78, 5) is 4.22. The number of nitrogens with one attached hydrogen (secondary N) is 1. The Morgan fingerprint density at radius 2 is 2.00 bits per heavy atom. The molecule has 6 heteroatoms. The van der Waals surface area contributed by atoms with Gasteiger partial charge < -0.3 is 14.8 Å². The molecule has 1 N–H and O–H groups in total. The minimum atomic E-state index is -0.777. The number of para-hydroxylation sites is 1. The van der Waals surface area contributed by atoms with Crippen LogP contribution >= 0.6 is 0 Å². The molecule has 2 aromatic rings. The van der Waals surface area contributed by atoms with Crippen LogP contribution in [0.1, 0.15) is 18.5 Å². The van der Waals surface area contributed by atoms with Crippen molar-refractivity contribution in [1.29, 1.82) is 0 Å². The molecule has 4 nitrogen and oxygen atoms in total. The largest absolute Gasteiger partial charge is 0.488 e. The molecule has 1 aliphatic heterocycles. The van der Waals surface area contributed by atoms with Gasteiger partial charge in [0.1, 0.15) is 0 Å². The molecule has 1 aliphatic rings. The topological polar surface area (TPSA) is 43.4 Å². The fourth-order valence-electron chi connectivity index (χ4n) is 2.65. The summed E-state index contributed by atoms with van der Waals surface area (Å²) in [6.45, 7) is 4.22. The Labute approximate surface area is 139 Å². The van der Waals surface area contributed by atoms with E-state index in [2.05, 4.69) is 10.3 Å². The predicted molar refractivity (Wildman–Crippen MR) is 86.5 cm³/mol. The van der Waals surface area contributed by atoms with Crippen molar-refractivity contribution in [3.8, 4) is 17.4 Å². The van der Waals surface area contributed by atoms with Crippen molar-refractivity contribution in [2.75, 3.05) is 19.7 Å². The summed E-state index contributed by atoms with van der Waals surface area (Å²) in [6.07, 6.45) is 2.20. The molecule has 0 bridgehead atoms. The molecule has 24 heavy (non-hydrogen) atoms. The van der Waals surface area contributed by atoms with Gasteiger partial charge in [-0.3, -0.25) is 0 Å². The highest BCUT2D eigenvalue weighted by Gasteiger charge is 2.18. The van der Waals surface area contributed by atoms with E-state index in [-0.39, 0.29) is 5.88 Å². The number of ether oxygens (including phenoxy) is 2. The van der Waals surface area contributed by atoms with Gasteiger partial charge in [-0.1, -0.05) is 6.07 Å². The number of rotatable bonds is 5. The summed E-state index contributed by atoms with van der Waals surface area (Å²) in [5.41, 5.74) is 0.674. The standard InChI is InChI=1S/C18H20F2N2O2/c1-12-7-8-16(23-11-13-4-3-9-21-10-13)18(22-12)24-17-14(19)5-2-6-15(17)20/h2,5-8,13,21H,3-4,9-11H2,1H3/t13-/m0/s1. The van der Waals surface area contributed by atoms with Gasteiger partial charge in [0.2, 0.25) is 5.75 Å². The lowest BCUT2D eigenvalue weighted by molar-refractivity contribution is 0.211. The number of aryl methyl sites for hydroxylation is 1. The van der Waals surface area contributed by atoms with Gasteiger partial charge in [0.15, 0.2) is 17.4 Å². The van der Waals surface area contributed by atoms with E-state index in [1.807, 2.05) is 0 Å². The molecule has 1 atom stereocenters. The number of benzene rings is 1. The molecule has 2 heterocycles. The van der Waals surface area contributed by atoms with Crippen LogP contribution in [0.25, 0.3) is 0 Å². The zero-order valence-electron chi connectivity index (χ0n) is 13.5. The minimum absolute atomic E-state index is 0.0720. The van der Waals surface area contributed by atoms with Crippen LogP contribution in [0.4, 0.5) is 8.78 Å². The summed E-state index contributed by atoms with van der Waals surface area (Å²) in [5.74, 6) is -1.17. The van der Waals surface area contributed by atoms with E-state index < -0.39 is 17.4 Å². The van der Waals surface area contributed by atoms with Crippen LogP contribution in [-0.4, -0.2) is 24.7 Å². The number of halogens is 2. The van der Waals surface area contributed by atoms with Crippen molar-refractivity contribution in [1.82, 2.24) is 10.3 Å². The van der Waals surface area contributed by atoms with Crippen molar-refractivity contribution < 1.29 is 18.3 Å². The molecule has 1 fully saturated rings. The summed E-state index contributed by atoms with van der Waals surface area (Å²) in [6, 6.07) is 7.06. The van der Waals surface area contributed by atoms with Crippen molar-refractivity contribution in [3.63, 3.8) is 0 Å². The molecule has 1 aromatic carbocycles. The van der Waals surface area contributed by atoms with Crippen LogP contribution in [0, 0.1) is 24.5 Å². The Hall–Kier alpha value is -2.21. The number of aromatic nitrogens is 1. The van der Waals surface area contributed by atoms with Crippen LogP contribution < -0.4 is 14.8 Å². The molecule has 1 aromatic heterocycles. The van der Waals surface area contributed by atoms with Crippen LogP contribution in [0.3, 0.4) is 0 Å². The molecule has 3 rings (SSSR count). The first kappa shape index (κ1) is 16.6. The number of hydrogen-bond acceptors (Lipinski definition) is 4. The second-order valence-corrected chi connectivity index (χ2v) is 5.93. The summed E-state index contributed by atoms with van der Waals surface area (Å²) in [5, 5.41) is 3.32. The first-order chi connectivity index (χ1) is 11.6. The van der Waals surface area contributed by atoms with E-state index in [0.717, 1.165) is 38.1 Å². The fourth-order valence-corrected chi connectivity index (χ4v) is 2.65. The third-order valence-electron chi connectivity index (χ3n) is 3.96. The summed E-state index contributed by atoms with van der Waals surface area (Å²) < 4.78 is 38.8. The second-order valence-electron chi connectivity index (χ2n) is 5.93. The molecule has 0 unspecified atom stereocenters. The van der Waals surface area contributed by atoms with Gasteiger partial charge in [-0.25, -0.2) is 13.8 Å². The Balaban J connectivity index is 1.77. The SMILES string of the molecule is Cc1ccc(OC[C@H]2CCCNC2)c(Oc2c(F)cccc2F)n1. The molecule has 0 saturated carbocycles. The van der Waals surface area contributed by atoms with Gasteiger partial charge in [-0.2, -0.15) is 0 Å².